The molecule has 1 heterocycles. The summed E-state index contributed by atoms with van der Waals surface area (Å²) in [7, 11) is 0. The molecule has 184 valence electrons. The number of rotatable bonds is 8. The number of hydrogen-bond acceptors (Lipinski definition) is 3. The summed E-state index contributed by atoms with van der Waals surface area (Å²) in [5.41, 5.74) is 1.61. The zero-order valence-corrected chi connectivity index (χ0v) is 21.0. The molecule has 3 aromatic carbocycles. The number of amides is 1. The van der Waals surface area contributed by atoms with E-state index in [1.165, 1.54) is 46.6 Å². The predicted molar refractivity (Wildman–Crippen MR) is 138 cm³/mol. The monoisotopic (exact) mass is 545 g/mol. The lowest BCUT2D eigenvalue weighted by Crippen LogP contribution is -2.46. The van der Waals surface area contributed by atoms with E-state index in [1.807, 2.05) is 6.07 Å². The molecule has 0 aliphatic rings. The Bertz CT molecular complexity index is 1390. The zero-order chi connectivity index (χ0) is 25.8. The van der Waals surface area contributed by atoms with Crippen molar-refractivity contribution in [3.63, 3.8) is 0 Å². The Balaban J connectivity index is 1.78. The number of aliphatic carboxylic acids is 1. The molecule has 0 aliphatic carbocycles. The van der Waals surface area contributed by atoms with E-state index in [0.29, 0.717) is 15.5 Å². The van der Waals surface area contributed by atoms with Crippen molar-refractivity contribution in [1.29, 1.82) is 0 Å². The highest BCUT2D eigenvalue weighted by Crippen LogP contribution is 2.32. The molecule has 0 bridgehead atoms. The molecule has 0 radical (unpaired) electrons. The van der Waals surface area contributed by atoms with Crippen LogP contribution in [0.2, 0.25) is 10.0 Å². The fourth-order valence-electron chi connectivity index (χ4n) is 3.89. The van der Waals surface area contributed by atoms with Gasteiger partial charge in [-0.05, 0) is 58.5 Å². The van der Waals surface area contributed by atoms with Gasteiger partial charge in [0.15, 0.2) is 0 Å². The van der Waals surface area contributed by atoms with Crippen LogP contribution in [0, 0.1) is 11.6 Å². The molecular weight excluding hydrogens is 527 g/mol. The number of halogens is 4. The highest BCUT2D eigenvalue weighted by Gasteiger charge is 2.32. The number of carboxylic acid groups (broad SMARTS) is 1. The van der Waals surface area contributed by atoms with Crippen molar-refractivity contribution >= 4 is 46.4 Å². The second-order valence-electron chi connectivity index (χ2n) is 8.02. The lowest BCUT2D eigenvalue weighted by Gasteiger charge is -2.30. The van der Waals surface area contributed by atoms with Crippen LogP contribution in [0.3, 0.4) is 0 Å². The molecule has 0 spiro atoms. The van der Waals surface area contributed by atoms with Gasteiger partial charge in [-0.1, -0.05) is 53.5 Å². The van der Waals surface area contributed by atoms with Gasteiger partial charge in [-0.25, -0.2) is 13.6 Å². The van der Waals surface area contributed by atoms with Gasteiger partial charge in [0.1, 0.15) is 17.7 Å². The van der Waals surface area contributed by atoms with Crippen LogP contribution in [0.4, 0.5) is 8.78 Å². The fourth-order valence-corrected chi connectivity index (χ4v) is 5.28. The topological polar surface area (TPSA) is 57.6 Å². The van der Waals surface area contributed by atoms with Crippen molar-refractivity contribution in [2.24, 2.45) is 0 Å². The summed E-state index contributed by atoms with van der Waals surface area (Å²) in [4.78, 5) is 27.9. The largest absolute Gasteiger partial charge is 0.480 e. The fraction of sp³-hybridized carbons (Fsp3) is 0.111. The second-order valence-corrected chi connectivity index (χ2v) is 9.86. The Morgan fingerprint density at radius 1 is 0.944 bits per heavy atom. The first-order valence-electron chi connectivity index (χ1n) is 10.8. The highest BCUT2D eigenvalue weighted by molar-refractivity contribution is 7.10. The summed E-state index contributed by atoms with van der Waals surface area (Å²) in [6.45, 7) is -0.118. The number of carboxylic acids is 1. The van der Waals surface area contributed by atoms with E-state index < -0.39 is 29.6 Å². The number of hydrogen-bond donors (Lipinski definition) is 1. The molecule has 0 saturated heterocycles. The molecule has 1 aromatic heterocycles. The normalized spacial score (nSPS) is 11.8. The molecular formula is C27H19Cl2F2NO3S. The summed E-state index contributed by atoms with van der Waals surface area (Å²) < 4.78 is 27.8. The molecule has 1 unspecified atom stereocenters. The molecule has 1 atom stereocenters. The van der Waals surface area contributed by atoms with Crippen LogP contribution < -0.4 is 0 Å². The van der Waals surface area contributed by atoms with E-state index in [9.17, 15) is 23.5 Å². The van der Waals surface area contributed by atoms with Gasteiger partial charge in [0.25, 0.3) is 5.91 Å². The lowest BCUT2D eigenvalue weighted by molar-refractivity contribution is -0.142. The minimum Gasteiger partial charge on any atom is -0.480 e. The molecule has 1 amide bonds. The highest BCUT2D eigenvalue weighted by atomic mass is 35.5. The number of carbonyl (C=O) groups is 2. The van der Waals surface area contributed by atoms with Gasteiger partial charge < -0.3 is 10.0 Å². The van der Waals surface area contributed by atoms with Crippen molar-refractivity contribution in [1.82, 2.24) is 4.90 Å². The smallest absolute Gasteiger partial charge is 0.326 e. The minimum atomic E-state index is -1.24. The summed E-state index contributed by atoms with van der Waals surface area (Å²) >= 11 is 13.5. The summed E-state index contributed by atoms with van der Waals surface area (Å²) in [6, 6.07) is 16.9. The molecule has 1 N–H and O–H groups in total. The van der Waals surface area contributed by atoms with Gasteiger partial charge in [0.05, 0.1) is 17.1 Å². The first-order chi connectivity index (χ1) is 17.2. The van der Waals surface area contributed by atoms with Crippen molar-refractivity contribution < 1.29 is 23.5 Å². The van der Waals surface area contributed by atoms with Crippen molar-refractivity contribution in [3.05, 3.63) is 116 Å². The Labute approximate surface area is 220 Å². The second kappa shape index (κ2) is 11.2. The van der Waals surface area contributed by atoms with Gasteiger partial charge in [-0.2, -0.15) is 0 Å². The molecule has 9 heteroatoms. The van der Waals surface area contributed by atoms with Gasteiger partial charge in [-0.3, -0.25) is 4.79 Å². The SMILES string of the molecule is O=C(O)C(Cc1ccccc1)N(Cc1sccc1-c1cc(F)cc(F)c1)C(=O)c1ccc(Cl)cc1Cl. The quantitative estimate of drug-likeness (QED) is 0.252. The van der Waals surface area contributed by atoms with Crippen molar-refractivity contribution in [2.75, 3.05) is 0 Å². The van der Waals surface area contributed by atoms with Crippen LogP contribution in [0.5, 0.6) is 0 Å². The van der Waals surface area contributed by atoms with E-state index in [0.717, 1.165) is 11.6 Å². The predicted octanol–water partition coefficient (Wildman–Crippen LogP) is 7.34. The summed E-state index contributed by atoms with van der Waals surface area (Å²) in [5.74, 6) is -3.29. The maximum Gasteiger partial charge on any atom is 0.326 e. The van der Waals surface area contributed by atoms with E-state index in [-0.39, 0.29) is 29.1 Å². The number of nitrogens with zero attached hydrogens (tertiary/aromatic N) is 1. The first-order valence-corrected chi connectivity index (χ1v) is 12.4. The maximum absolute atomic E-state index is 13.9. The molecule has 36 heavy (non-hydrogen) atoms. The average Bonchev–Trinajstić information content (AvgIpc) is 3.29. The van der Waals surface area contributed by atoms with Crippen LogP contribution in [-0.4, -0.2) is 27.9 Å². The molecule has 0 saturated carbocycles. The van der Waals surface area contributed by atoms with Crippen molar-refractivity contribution in [3.8, 4) is 11.1 Å². The molecule has 0 aliphatic heterocycles. The molecule has 0 fully saturated rings. The summed E-state index contributed by atoms with van der Waals surface area (Å²) in [5, 5.41) is 12.3. The van der Waals surface area contributed by atoms with Crippen LogP contribution in [0.1, 0.15) is 20.8 Å². The van der Waals surface area contributed by atoms with Crippen LogP contribution in [-0.2, 0) is 17.8 Å². The van der Waals surface area contributed by atoms with Gasteiger partial charge >= 0.3 is 5.97 Å². The van der Waals surface area contributed by atoms with Gasteiger partial charge in [0, 0.05) is 22.4 Å². The molecule has 4 rings (SSSR count). The first kappa shape index (κ1) is 25.8. The number of benzene rings is 3. The Kier molecular flexibility index (Phi) is 8.04. The average molecular weight is 546 g/mol. The van der Waals surface area contributed by atoms with Crippen LogP contribution in [0.15, 0.2) is 78.2 Å². The Hall–Kier alpha value is -3.26. The van der Waals surface area contributed by atoms with Crippen molar-refractivity contribution in [2.45, 2.75) is 19.0 Å². The number of thiophene rings is 1. The third-order valence-corrected chi connectivity index (χ3v) is 7.04. The molecule has 4 nitrogen and oxygen atoms in total. The third-order valence-electron chi connectivity index (χ3n) is 5.59. The zero-order valence-electron chi connectivity index (χ0n) is 18.6. The van der Waals surface area contributed by atoms with E-state index in [1.54, 1.807) is 35.7 Å². The van der Waals surface area contributed by atoms with E-state index in [4.69, 9.17) is 23.2 Å². The van der Waals surface area contributed by atoms with Gasteiger partial charge in [0.2, 0.25) is 0 Å². The third kappa shape index (κ3) is 5.93. The van der Waals surface area contributed by atoms with Crippen LogP contribution >= 0.6 is 34.5 Å². The van der Waals surface area contributed by atoms with Gasteiger partial charge in [-0.15, -0.1) is 11.3 Å². The van der Waals surface area contributed by atoms with E-state index >= 15 is 0 Å². The number of carbonyl (C=O) groups excluding carboxylic acids is 1. The van der Waals surface area contributed by atoms with E-state index in [2.05, 4.69) is 0 Å². The molecule has 4 aromatic rings. The standard InChI is InChI=1S/C27H19Cl2F2NO3S/c28-18-6-7-22(23(29)13-18)26(33)32(24(27(34)35)10-16-4-2-1-3-5-16)15-25-21(8-9-36-25)17-11-19(30)14-20(31)12-17/h1-9,11-14,24H,10,15H2,(H,34,35). The maximum atomic E-state index is 13.9. The minimum absolute atomic E-state index is 0.0441. The Morgan fingerprint density at radius 2 is 1.64 bits per heavy atom. The van der Waals surface area contributed by atoms with Crippen LogP contribution in [0.25, 0.3) is 11.1 Å². The summed E-state index contributed by atoms with van der Waals surface area (Å²) in [6.07, 6.45) is 0.0441. The lowest BCUT2D eigenvalue weighted by atomic mass is 10.0. The Morgan fingerprint density at radius 3 is 2.28 bits per heavy atom.